The van der Waals surface area contributed by atoms with Crippen LogP contribution in [0.4, 0.5) is 11.4 Å². The minimum atomic E-state index is -4.16. The molecule has 7 heteroatoms. The van der Waals surface area contributed by atoms with Crippen molar-refractivity contribution in [1.29, 1.82) is 0 Å². The summed E-state index contributed by atoms with van der Waals surface area (Å²) < 4.78 is 27.2. The first-order valence-electron chi connectivity index (χ1n) is 10.3. The van der Waals surface area contributed by atoms with Gasteiger partial charge in [-0.1, -0.05) is 60.2 Å². The van der Waals surface area contributed by atoms with Crippen LogP contribution in [0.5, 0.6) is 0 Å². The smallest absolute Gasteiger partial charge is 0.274 e. The second-order valence-electron chi connectivity index (χ2n) is 8.37. The second kappa shape index (κ2) is 7.03. The van der Waals surface area contributed by atoms with E-state index in [1.54, 1.807) is 42.5 Å². The van der Waals surface area contributed by atoms with Crippen molar-refractivity contribution in [2.24, 2.45) is 0 Å². The summed E-state index contributed by atoms with van der Waals surface area (Å²) in [5.41, 5.74) is 4.03. The zero-order valence-electron chi connectivity index (χ0n) is 17.8. The van der Waals surface area contributed by atoms with E-state index in [4.69, 9.17) is 0 Å². The van der Waals surface area contributed by atoms with Crippen LogP contribution in [0.15, 0.2) is 72.8 Å². The van der Waals surface area contributed by atoms with Crippen molar-refractivity contribution in [3.63, 3.8) is 0 Å². The fraction of sp³-hybridized carbons (Fsp3) is 0.200. The highest BCUT2D eigenvalue weighted by Crippen LogP contribution is 2.52. The predicted molar refractivity (Wildman–Crippen MR) is 123 cm³/mol. The Morgan fingerprint density at radius 3 is 2.28 bits per heavy atom. The van der Waals surface area contributed by atoms with E-state index in [-0.39, 0.29) is 6.54 Å². The lowest BCUT2D eigenvalue weighted by molar-refractivity contribution is -0.123. The lowest BCUT2D eigenvalue weighted by atomic mass is 10.0. The van der Waals surface area contributed by atoms with Crippen molar-refractivity contribution in [3.05, 3.63) is 95.1 Å². The molecule has 1 spiro atoms. The molecule has 162 valence electrons. The van der Waals surface area contributed by atoms with Crippen LogP contribution in [0.3, 0.4) is 0 Å². The zero-order valence-corrected chi connectivity index (χ0v) is 18.6. The minimum absolute atomic E-state index is 0.213. The first-order valence-corrected chi connectivity index (χ1v) is 12.0. The third-order valence-corrected chi connectivity index (χ3v) is 8.21. The van der Waals surface area contributed by atoms with Gasteiger partial charge in [0, 0.05) is 11.3 Å². The fourth-order valence-corrected chi connectivity index (χ4v) is 6.84. The van der Waals surface area contributed by atoms with Crippen LogP contribution >= 0.6 is 0 Å². The zero-order chi connectivity index (χ0) is 22.7. The first kappa shape index (κ1) is 20.5. The topological polar surface area (TPSA) is 74.8 Å². The van der Waals surface area contributed by atoms with Crippen LogP contribution in [-0.2, 0) is 30.8 Å². The van der Waals surface area contributed by atoms with E-state index < -0.39 is 32.3 Å². The van der Waals surface area contributed by atoms with Crippen LogP contribution in [0, 0.1) is 13.8 Å². The van der Waals surface area contributed by atoms with E-state index in [0.29, 0.717) is 16.9 Å². The molecular formula is C25H22N2O4S. The van der Waals surface area contributed by atoms with Crippen molar-refractivity contribution in [2.75, 3.05) is 15.6 Å². The summed E-state index contributed by atoms with van der Waals surface area (Å²) in [6, 6.07) is 21.6. The molecule has 3 aromatic rings. The number of rotatable bonds is 3. The summed E-state index contributed by atoms with van der Waals surface area (Å²) in [5, 5.41) is 0. The van der Waals surface area contributed by atoms with Crippen molar-refractivity contribution < 1.29 is 18.0 Å². The van der Waals surface area contributed by atoms with Crippen LogP contribution in [-0.4, -0.2) is 26.0 Å². The van der Waals surface area contributed by atoms with Gasteiger partial charge >= 0.3 is 0 Å². The Morgan fingerprint density at radius 1 is 0.875 bits per heavy atom. The summed E-state index contributed by atoms with van der Waals surface area (Å²) >= 11 is 0. The van der Waals surface area contributed by atoms with Crippen LogP contribution in [0.1, 0.15) is 22.3 Å². The molecule has 0 unspecified atom stereocenters. The molecule has 0 N–H and O–H groups in total. The van der Waals surface area contributed by atoms with Crippen LogP contribution in [0.2, 0.25) is 0 Å². The van der Waals surface area contributed by atoms with E-state index in [9.17, 15) is 18.0 Å². The largest absolute Gasteiger partial charge is 0.304 e. The Labute approximate surface area is 187 Å². The van der Waals surface area contributed by atoms with Crippen LogP contribution in [0.25, 0.3) is 0 Å². The third kappa shape index (κ3) is 2.74. The Morgan fingerprint density at radius 2 is 1.56 bits per heavy atom. The van der Waals surface area contributed by atoms with Gasteiger partial charge in [0.15, 0.2) is 9.84 Å². The van der Waals surface area contributed by atoms with Gasteiger partial charge in [-0.25, -0.2) is 8.42 Å². The molecule has 6 nitrogen and oxygen atoms in total. The average molecular weight is 447 g/mol. The Hall–Kier alpha value is -3.45. The third-order valence-electron chi connectivity index (χ3n) is 6.11. The SMILES string of the molecule is Cc1cccc(CN2C(=O)[C@]3(c4ccccc42)N(c2cccc(C)c2)C(=O)CS3(=O)=O)c1. The van der Waals surface area contributed by atoms with E-state index in [0.717, 1.165) is 16.7 Å². The maximum atomic E-state index is 14.1. The molecule has 0 radical (unpaired) electrons. The summed E-state index contributed by atoms with van der Waals surface area (Å²) in [7, 11) is -4.16. The fourth-order valence-electron chi connectivity index (χ4n) is 4.81. The van der Waals surface area contributed by atoms with Crippen molar-refractivity contribution in [2.45, 2.75) is 25.3 Å². The van der Waals surface area contributed by atoms with Crippen molar-refractivity contribution >= 4 is 33.0 Å². The quantitative estimate of drug-likeness (QED) is 0.618. The average Bonchev–Trinajstić information content (AvgIpc) is 3.11. The van der Waals surface area contributed by atoms with Gasteiger partial charge in [-0.2, -0.15) is 0 Å². The number of nitrogens with zero attached hydrogens (tertiary/aromatic N) is 2. The van der Waals surface area contributed by atoms with Crippen molar-refractivity contribution in [1.82, 2.24) is 0 Å². The van der Waals surface area contributed by atoms with Gasteiger partial charge in [0.05, 0.1) is 12.2 Å². The van der Waals surface area contributed by atoms with Gasteiger partial charge in [-0.15, -0.1) is 0 Å². The standard InChI is InChI=1S/C25H22N2O4S/c1-17-7-5-9-19(13-17)15-26-22-12-4-3-11-21(22)25(24(26)29)27(23(28)16-32(25,30)31)20-10-6-8-18(2)14-20/h3-14H,15-16H2,1-2H3/t25-/m1/s1. The maximum absolute atomic E-state index is 14.1. The number of aryl methyl sites for hydroxylation is 2. The highest BCUT2D eigenvalue weighted by molar-refractivity contribution is 7.94. The molecule has 1 fully saturated rings. The van der Waals surface area contributed by atoms with Gasteiger partial charge in [0.25, 0.3) is 10.8 Å². The number of sulfone groups is 1. The van der Waals surface area contributed by atoms with Crippen LogP contribution < -0.4 is 9.80 Å². The molecule has 2 heterocycles. The molecule has 0 aliphatic carbocycles. The number of benzene rings is 3. The van der Waals surface area contributed by atoms with Gasteiger partial charge in [-0.3, -0.25) is 14.5 Å². The summed E-state index contributed by atoms with van der Waals surface area (Å²) in [6.07, 6.45) is 0. The van der Waals surface area contributed by atoms with E-state index in [2.05, 4.69) is 0 Å². The number of hydrogen-bond donors (Lipinski definition) is 0. The number of fused-ring (bicyclic) bond motifs is 2. The minimum Gasteiger partial charge on any atom is -0.304 e. The summed E-state index contributed by atoms with van der Waals surface area (Å²) in [5.74, 6) is -1.93. The molecule has 2 aliphatic heterocycles. The highest BCUT2D eigenvalue weighted by Gasteiger charge is 2.69. The van der Waals surface area contributed by atoms with Gasteiger partial charge in [0.1, 0.15) is 5.75 Å². The Bertz CT molecular complexity index is 1380. The summed E-state index contributed by atoms with van der Waals surface area (Å²) in [4.78, 5) is 27.7. The monoisotopic (exact) mass is 446 g/mol. The van der Waals surface area contributed by atoms with E-state index >= 15 is 0 Å². The molecule has 0 bridgehead atoms. The molecule has 1 atom stereocenters. The molecule has 0 aromatic heterocycles. The molecule has 2 aliphatic rings. The van der Waals surface area contributed by atoms with Crippen molar-refractivity contribution in [3.8, 4) is 0 Å². The normalized spacial score (nSPS) is 21.4. The number of carbonyl (C=O) groups is 2. The van der Waals surface area contributed by atoms with Gasteiger partial charge < -0.3 is 4.90 Å². The predicted octanol–water partition coefficient (Wildman–Crippen LogP) is 3.46. The number of anilines is 2. The van der Waals surface area contributed by atoms with Gasteiger partial charge in [-0.05, 0) is 43.2 Å². The highest BCUT2D eigenvalue weighted by atomic mass is 32.2. The molecular weight excluding hydrogens is 424 g/mol. The van der Waals surface area contributed by atoms with E-state index in [1.807, 2.05) is 44.2 Å². The molecule has 32 heavy (non-hydrogen) atoms. The second-order valence-corrected chi connectivity index (χ2v) is 10.5. The molecule has 5 rings (SSSR count). The van der Waals surface area contributed by atoms with Gasteiger partial charge in [0.2, 0.25) is 5.91 Å². The summed E-state index contributed by atoms with van der Waals surface area (Å²) in [6.45, 7) is 4.04. The Balaban J connectivity index is 1.74. The number of hydrogen-bond acceptors (Lipinski definition) is 4. The lowest BCUT2D eigenvalue weighted by Crippen LogP contribution is -2.54. The number of carbonyl (C=O) groups excluding carboxylic acids is 2. The first-order chi connectivity index (χ1) is 15.3. The number of amides is 2. The Kier molecular flexibility index (Phi) is 4.49. The number of para-hydroxylation sites is 1. The molecule has 0 saturated carbocycles. The molecule has 3 aromatic carbocycles. The maximum Gasteiger partial charge on any atom is 0.274 e. The van der Waals surface area contributed by atoms with E-state index in [1.165, 1.54) is 9.80 Å². The molecule has 2 amide bonds. The lowest BCUT2D eigenvalue weighted by Gasteiger charge is -2.32. The molecule has 1 saturated heterocycles.